The molecule has 2 aliphatic carbocycles. The highest BCUT2D eigenvalue weighted by Crippen LogP contribution is 2.53. The van der Waals surface area contributed by atoms with Crippen molar-refractivity contribution in [1.29, 1.82) is 0 Å². The van der Waals surface area contributed by atoms with Crippen LogP contribution in [0.4, 0.5) is 13.2 Å². The summed E-state index contributed by atoms with van der Waals surface area (Å²) in [5.41, 5.74) is 0.860. The van der Waals surface area contributed by atoms with Crippen LogP contribution in [-0.2, 0) is 22.2 Å². The van der Waals surface area contributed by atoms with Crippen LogP contribution in [0.25, 0.3) is 0 Å². The van der Waals surface area contributed by atoms with Gasteiger partial charge in [0.1, 0.15) is 0 Å². The summed E-state index contributed by atoms with van der Waals surface area (Å²) in [6.45, 7) is 1.72. The number of amides is 1. The van der Waals surface area contributed by atoms with Crippen molar-refractivity contribution in [1.82, 2.24) is 15.2 Å². The molecule has 0 bridgehead atoms. The van der Waals surface area contributed by atoms with Gasteiger partial charge in [0.25, 0.3) is 0 Å². The molecule has 35 heavy (non-hydrogen) atoms. The minimum absolute atomic E-state index is 0.0423. The number of alkyl halides is 3. The van der Waals surface area contributed by atoms with Crippen molar-refractivity contribution in [2.75, 3.05) is 19.6 Å². The quantitative estimate of drug-likeness (QED) is 0.638. The van der Waals surface area contributed by atoms with E-state index in [2.05, 4.69) is 21.3 Å². The summed E-state index contributed by atoms with van der Waals surface area (Å²) in [4.78, 5) is 31.6. The Morgan fingerprint density at radius 3 is 2.43 bits per heavy atom. The van der Waals surface area contributed by atoms with E-state index >= 15 is 0 Å². The number of carbonyl (C=O) groups is 2. The van der Waals surface area contributed by atoms with Gasteiger partial charge in [-0.3, -0.25) is 19.5 Å². The van der Waals surface area contributed by atoms with E-state index < -0.39 is 11.7 Å². The number of hydrogen-bond donors (Lipinski definition) is 1. The second-order valence-electron chi connectivity index (χ2n) is 10.2. The maximum absolute atomic E-state index is 12.9. The van der Waals surface area contributed by atoms with E-state index in [-0.39, 0.29) is 30.6 Å². The molecule has 1 saturated heterocycles. The lowest BCUT2D eigenvalue weighted by Crippen LogP contribution is -2.40. The molecule has 1 aromatic heterocycles. The first kappa shape index (κ1) is 24.0. The van der Waals surface area contributed by atoms with Crippen LogP contribution < -0.4 is 5.32 Å². The molecule has 1 N–H and O–H groups in total. The number of likely N-dealkylation sites (tertiary alicyclic amines) is 1. The third kappa shape index (κ3) is 5.42. The highest BCUT2D eigenvalue weighted by atomic mass is 19.4. The molecule has 1 amide bonds. The number of fused-ring (bicyclic) bond motifs is 1. The smallest absolute Gasteiger partial charge is 0.349 e. The summed E-state index contributed by atoms with van der Waals surface area (Å²) < 4.78 is 38.6. The monoisotopic (exact) mass is 485 g/mol. The number of benzene rings is 1. The molecule has 0 spiro atoms. The van der Waals surface area contributed by atoms with Crippen LogP contribution >= 0.6 is 0 Å². The van der Waals surface area contributed by atoms with Gasteiger partial charge in [0.15, 0.2) is 5.78 Å². The van der Waals surface area contributed by atoms with E-state index in [4.69, 9.17) is 0 Å². The Morgan fingerprint density at radius 1 is 1.03 bits per heavy atom. The van der Waals surface area contributed by atoms with Gasteiger partial charge in [0.2, 0.25) is 5.91 Å². The maximum Gasteiger partial charge on any atom is 0.416 e. The fraction of sp³-hybridized carbons (Fsp3) is 0.519. The number of carbonyl (C=O) groups excluding carboxylic acids is 2. The lowest BCUT2D eigenvalue weighted by atomic mass is 9.82. The van der Waals surface area contributed by atoms with Crippen molar-refractivity contribution >= 4 is 11.7 Å². The molecular formula is C27H30F3N3O2. The van der Waals surface area contributed by atoms with E-state index in [0.717, 1.165) is 25.2 Å². The van der Waals surface area contributed by atoms with Gasteiger partial charge in [-0.1, -0.05) is 24.3 Å². The summed E-state index contributed by atoms with van der Waals surface area (Å²) in [6.07, 6.45) is 3.88. The second-order valence-corrected chi connectivity index (χ2v) is 10.2. The first-order valence-corrected chi connectivity index (χ1v) is 12.4. The normalized spacial score (nSPS) is 28.4. The van der Waals surface area contributed by atoms with Gasteiger partial charge < -0.3 is 5.32 Å². The number of Topliss-reactive ketones (excluding diaryl/α,β-unsaturated/α-hetero) is 1. The van der Waals surface area contributed by atoms with Crippen LogP contribution in [0.1, 0.15) is 48.3 Å². The van der Waals surface area contributed by atoms with Crippen molar-refractivity contribution in [3.63, 3.8) is 0 Å². The van der Waals surface area contributed by atoms with E-state index in [1.807, 2.05) is 18.5 Å². The number of nitrogens with zero attached hydrogens (tertiary/aromatic N) is 2. The average Bonchev–Trinajstić information content (AvgIpc) is 3.36. The number of nitrogens with one attached hydrogen (secondary N) is 1. The zero-order chi connectivity index (χ0) is 24.6. The summed E-state index contributed by atoms with van der Waals surface area (Å²) in [7, 11) is 0. The second kappa shape index (κ2) is 9.72. The topological polar surface area (TPSA) is 62.3 Å². The van der Waals surface area contributed by atoms with Crippen molar-refractivity contribution in [2.45, 2.75) is 50.2 Å². The molecule has 0 radical (unpaired) electrons. The van der Waals surface area contributed by atoms with Crippen LogP contribution in [0.15, 0.2) is 48.8 Å². The van der Waals surface area contributed by atoms with Crippen LogP contribution in [0.5, 0.6) is 0 Å². The molecule has 5 rings (SSSR count). The van der Waals surface area contributed by atoms with Gasteiger partial charge in [0.05, 0.1) is 12.1 Å². The van der Waals surface area contributed by atoms with Gasteiger partial charge in [0, 0.05) is 43.9 Å². The molecule has 1 unspecified atom stereocenters. The van der Waals surface area contributed by atoms with E-state index in [9.17, 15) is 22.8 Å². The highest BCUT2D eigenvalue weighted by molar-refractivity contribution is 5.89. The van der Waals surface area contributed by atoms with Crippen LogP contribution in [-0.4, -0.2) is 47.3 Å². The standard InChI is InChI=1S/C27H30F3N3O2/c28-27(29,30)20-5-1-3-17(11-20)12-22(34)14-32-26(35)25-23-15-33(16-24(23)25)21-8-6-18(7-9-21)19-4-2-10-31-13-19/h1-5,10-11,13,18,21,23-25H,6-9,12,14-16H2,(H,32,35)/t18?,21?,23-,24+,25?. The van der Waals surface area contributed by atoms with Gasteiger partial charge in [-0.2, -0.15) is 13.2 Å². The Labute approximate surface area is 203 Å². The summed E-state index contributed by atoms with van der Waals surface area (Å²) in [6, 6.07) is 9.51. The Hall–Kier alpha value is -2.74. The van der Waals surface area contributed by atoms with Gasteiger partial charge in [-0.25, -0.2) is 0 Å². The molecular weight excluding hydrogens is 455 g/mol. The Bertz CT molecular complexity index is 1050. The number of piperidine rings is 1. The zero-order valence-corrected chi connectivity index (χ0v) is 19.5. The third-order valence-corrected chi connectivity index (χ3v) is 8.01. The van der Waals surface area contributed by atoms with Crippen LogP contribution in [0.3, 0.4) is 0 Å². The van der Waals surface area contributed by atoms with Crippen LogP contribution in [0.2, 0.25) is 0 Å². The predicted molar refractivity (Wildman–Crippen MR) is 124 cm³/mol. The fourth-order valence-electron chi connectivity index (χ4n) is 6.09. The first-order valence-electron chi connectivity index (χ1n) is 12.4. The zero-order valence-electron chi connectivity index (χ0n) is 19.5. The third-order valence-electron chi connectivity index (χ3n) is 8.01. The molecule has 3 aliphatic rings. The molecule has 1 aliphatic heterocycles. The van der Waals surface area contributed by atoms with Gasteiger partial charge in [-0.05, 0) is 66.7 Å². The lowest BCUT2D eigenvalue weighted by Gasteiger charge is -2.35. The largest absolute Gasteiger partial charge is 0.416 e. The molecule has 1 aromatic carbocycles. The van der Waals surface area contributed by atoms with Crippen molar-refractivity contribution in [2.24, 2.45) is 17.8 Å². The predicted octanol–water partition coefficient (Wildman–Crippen LogP) is 4.23. The summed E-state index contributed by atoms with van der Waals surface area (Å²) in [5.74, 6) is 0.852. The minimum Gasteiger partial charge on any atom is -0.349 e. The van der Waals surface area contributed by atoms with E-state index in [1.54, 1.807) is 0 Å². The Balaban J connectivity index is 1.03. The summed E-state index contributed by atoms with van der Waals surface area (Å²) in [5, 5.41) is 2.72. The number of ketones is 1. The number of aromatic nitrogens is 1. The first-order chi connectivity index (χ1) is 16.8. The van der Waals surface area contributed by atoms with Crippen molar-refractivity contribution < 1.29 is 22.8 Å². The molecule has 186 valence electrons. The lowest BCUT2D eigenvalue weighted by molar-refractivity contribution is -0.137. The molecule has 3 atom stereocenters. The maximum atomic E-state index is 12.9. The summed E-state index contributed by atoms with van der Waals surface area (Å²) >= 11 is 0. The van der Waals surface area contributed by atoms with Gasteiger partial charge in [-0.15, -0.1) is 0 Å². The number of rotatable bonds is 7. The van der Waals surface area contributed by atoms with Crippen molar-refractivity contribution in [3.8, 4) is 0 Å². The Kier molecular flexibility index (Phi) is 6.66. The number of hydrogen-bond acceptors (Lipinski definition) is 4. The van der Waals surface area contributed by atoms with E-state index in [1.165, 1.54) is 43.4 Å². The molecule has 5 nitrogen and oxygen atoms in total. The molecule has 3 fully saturated rings. The minimum atomic E-state index is -4.44. The molecule has 8 heteroatoms. The Morgan fingerprint density at radius 2 is 1.77 bits per heavy atom. The van der Waals surface area contributed by atoms with Crippen LogP contribution in [0, 0.1) is 17.8 Å². The molecule has 2 aromatic rings. The molecule has 2 saturated carbocycles. The van der Waals surface area contributed by atoms with E-state index in [0.29, 0.717) is 29.4 Å². The van der Waals surface area contributed by atoms with Crippen molar-refractivity contribution in [3.05, 3.63) is 65.5 Å². The number of halogens is 3. The average molecular weight is 486 g/mol. The fourth-order valence-corrected chi connectivity index (χ4v) is 6.09. The number of pyridine rings is 1. The molecule has 2 heterocycles. The highest BCUT2D eigenvalue weighted by Gasteiger charge is 2.60. The van der Waals surface area contributed by atoms with Gasteiger partial charge >= 0.3 is 6.18 Å². The SMILES string of the molecule is O=C(CNC(=O)C1[C@H]2CN(C3CCC(c4cccnc4)CC3)C[C@@H]12)Cc1cccc(C(F)(F)F)c1.